The second kappa shape index (κ2) is 8.17. The van der Waals surface area contributed by atoms with Crippen molar-refractivity contribution in [1.82, 2.24) is 14.9 Å². The van der Waals surface area contributed by atoms with Crippen molar-refractivity contribution < 1.29 is 9.84 Å². The van der Waals surface area contributed by atoms with Crippen LogP contribution < -0.4 is 5.56 Å². The number of rotatable bonds is 7. The maximum atomic E-state index is 12.6. The highest BCUT2D eigenvalue weighted by Gasteiger charge is 2.23. The van der Waals surface area contributed by atoms with Crippen molar-refractivity contribution in [2.45, 2.75) is 58.8 Å². The normalized spacial score (nSPS) is 18.7. The van der Waals surface area contributed by atoms with E-state index in [-0.39, 0.29) is 11.7 Å². The largest absolute Gasteiger partial charge is 0.389 e. The van der Waals surface area contributed by atoms with Crippen molar-refractivity contribution in [2.75, 3.05) is 20.2 Å². The number of hydrogen-bond donors (Lipinski definition) is 2. The van der Waals surface area contributed by atoms with Crippen LogP contribution in [0.1, 0.15) is 43.5 Å². The lowest BCUT2D eigenvalue weighted by atomic mass is 9.89. The average molecular weight is 380 g/mol. The van der Waals surface area contributed by atoms with Gasteiger partial charge in [0.25, 0.3) is 5.56 Å². The van der Waals surface area contributed by atoms with Gasteiger partial charge < -0.3 is 14.8 Å². The molecule has 2 aromatic rings. The predicted molar refractivity (Wildman–Crippen MR) is 105 cm³/mol. The lowest BCUT2D eigenvalue weighted by Gasteiger charge is -2.20. The number of likely N-dealkylation sites (N-methyl/N-ethyl adjacent to an activating group) is 1. The molecule has 2 aromatic heterocycles. The molecule has 0 aromatic carbocycles. The van der Waals surface area contributed by atoms with E-state index in [1.807, 2.05) is 25.8 Å². The summed E-state index contributed by atoms with van der Waals surface area (Å²) in [6.07, 6.45) is 2.70. The van der Waals surface area contributed by atoms with Crippen molar-refractivity contribution in [2.24, 2.45) is 5.92 Å². The third-order valence-electron chi connectivity index (χ3n) is 4.78. The van der Waals surface area contributed by atoms with Gasteiger partial charge in [-0.2, -0.15) is 0 Å². The van der Waals surface area contributed by atoms with Crippen LogP contribution in [0.25, 0.3) is 10.2 Å². The lowest BCUT2D eigenvalue weighted by Crippen LogP contribution is -2.33. The summed E-state index contributed by atoms with van der Waals surface area (Å²) in [5, 5.41) is 10.8. The second-order valence-electron chi connectivity index (χ2n) is 7.78. The monoisotopic (exact) mass is 379 g/mol. The third-order valence-corrected chi connectivity index (χ3v) is 5.93. The number of H-pyrrole nitrogens is 1. The number of nitrogens with one attached hydrogen (secondary N) is 1. The van der Waals surface area contributed by atoms with Gasteiger partial charge >= 0.3 is 0 Å². The van der Waals surface area contributed by atoms with E-state index in [2.05, 4.69) is 11.9 Å². The van der Waals surface area contributed by atoms with Gasteiger partial charge in [0.15, 0.2) is 0 Å². The molecule has 0 saturated carbocycles. The summed E-state index contributed by atoms with van der Waals surface area (Å²) in [5.41, 5.74) is 1.17. The standard InChI is InChI=1S/C19H29N3O3S/c1-11(2)25-10-13(23)8-22(4)9-16-20-18(24)17-14-6-5-12(3)7-15(14)26-19(17)21-16/h11-13,23H,5-10H2,1-4H3,(H,20,21,24). The predicted octanol–water partition coefficient (Wildman–Crippen LogP) is 2.33. The first-order valence-corrected chi connectivity index (χ1v) is 10.2. The molecule has 2 heterocycles. The van der Waals surface area contributed by atoms with Crippen LogP contribution in [0.2, 0.25) is 0 Å². The summed E-state index contributed by atoms with van der Waals surface area (Å²) in [6.45, 7) is 7.42. The smallest absolute Gasteiger partial charge is 0.259 e. The van der Waals surface area contributed by atoms with Crippen LogP contribution >= 0.6 is 11.3 Å². The van der Waals surface area contributed by atoms with Crippen molar-refractivity contribution in [3.63, 3.8) is 0 Å². The van der Waals surface area contributed by atoms with E-state index in [0.717, 1.165) is 29.5 Å². The minimum Gasteiger partial charge on any atom is -0.389 e. The molecule has 144 valence electrons. The Labute approximate surface area is 158 Å². The number of nitrogens with zero attached hydrogens (tertiary/aromatic N) is 2. The molecule has 1 aliphatic rings. The van der Waals surface area contributed by atoms with Gasteiger partial charge in [-0.05, 0) is 51.6 Å². The van der Waals surface area contributed by atoms with Crippen LogP contribution in [-0.4, -0.2) is 52.4 Å². The number of aliphatic hydroxyl groups excluding tert-OH is 1. The SMILES string of the molecule is CC1CCc2c(sc3nc(CN(C)CC(O)COC(C)C)[nH]c(=O)c23)C1. The van der Waals surface area contributed by atoms with Gasteiger partial charge in [0.2, 0.25) is 0 Å². The van der Waals surface area contributed by atoms with E-state index in [1.165, 1.54) is 10.4 Å². The average Bonchev–Trinajstić information content (AvgIpc) is 2.90. The highest BCUT2D eigenvalue weighted by molar-refractivity contribution is 7.18. The molecule has 0 spiro atoms. The van der Waals surface area contributed by atoms with Crippen LogP contribution in [-0.2, 0) is 24.1 Å². The topological polar surface area (TPSA) is 78.5 Å². The molecule has 0 aliphatic heterocycles. The summed E-state index contributed by atoms with van der Waals surface area (Å²) in [4.78, 5) is 24.4. The van der Waals surface area contributed by atoms with Gasteiger partial charge in [-0.1, -0.05) is 6.92 Å². The first kappa shape index (κ1) is 19.5. The molecule has 2 atom stereocenters. The highest BCUT2D eigenvalue weighted by atomic mass is 32.1. The maximum Gasteiger partial charge on any atom is 0.259 e. The molecule has 0 saturated heterocycles. The molecular weight excluding hydrogens is 350 g/mol. The van der Waals surface area contributed by atoms with Crippen LogP contribution in [0.15, 0.2) is 4.79 Å². The van der Waals surface area contributed by atoms with Gasteiger partial charge in [-0.3, -0.25) is 9.69 Å². The van der Waals surface area contributed by atoms with Crippen molar-refractivity contribution in [3.8, 4) is 0 Å². The number of ether oxygens (including phenoxy) is 1. The van der Waals surface area contributed by atoms with Crippen molar-refractivity contribution >= 4 is 21.6 Å². The fraction of sp³-hybridized carbons (Fsp3) is 0.684. The number of aromatic nitrogens is 2. The number of aliphatic hydroxyl groups is 1. The Bertz CT molecular complexity index is 814. The molecule has 0 amide bonds. The zero-order valence-corrected chi connectivity index (χ0v) is 16.9. The van der Waals surface area contributed by atoms with Crippen LogP contribution in [0, 0.1) is 5.92 Å². The molecule has 1 aliphatic carbocycles. The lowest BCUT2D eigenvalue weighted by molar-refractivity contribution is -0.00656. The quantitative estimate of drug-likeness (QED) is 0.772. The Morgan fingerprint density at radius 2 is 2.23 bits per heavy atom. The van der Waals surface area contributed by atoms with Gasteiger partial charge in [0, 0.05) is 11.4 Å². The van der Waals surface area contributed by atoms with Gasteiger partial charge in [-0.25, -0.2) is 4.98 Å². The van der Waals surface area contributed by atoms with Crippen LogP contribution in [0.3, 0.4) is 0 Å². The first-order chi connectivity index (χ1) is 12.3. The summed E-state index contributed by atoms with van der Waals surface area (Å²) in [5.74, 6) is 1.32. The molecule has 26 heavy (non-hydrogen) atoms. The minimum atomic E-state index is -0.562. The van der Waals surface area contributed by atoms with Gasteiger partial charge in [-0.15, -0.1) is 11.3 Å². The first-order valence-electron chi connectivity index (χ1n) is 9.35. The molecule has 3 rings (SSSR count). The molecule has 2 unspecified atom stereocenters. The Hall–Kier alpha value is -1.28. The zero-order valence-electron chi connectivity index (χ0n) is 16.0. The molecule has 0 fully saturated rings. The number of hydrogen-bond acceptors (Lipinski definition) is 6. The van der Waals surface area contributed by atoms with E-state index < -0.39 is 6.10 Å². The zero-order chi connectivity index (χ0) is 18.8. The Morgan fingerprint density at radius 3 is 2.96 bits per heavy atom. The van der Waals surface area contributed by atoms with E-state index in [1.54, 1.807) is 11.3 Å². The van der Waals surface area contributed by atoms with Crippen LogP contribution in [0.5, 0.6) is 0 Å². The number of thiophene rings is 1. The molecular formula is C19H29N3O3S. The van der Waals surface area contributed by atoms with Crippen molar-refractivity contribution in [3.05, 3.63) is 26.6 Å². The number of aromatic amines is 1. The minimum absolute atomic E-state index is 0.0332. The summed E-state index contributed by atoms with van der Waals surface area (Å²) in [7, 11) is 1.91. The molecule has 0 radical (unpaired) electrons. The molecule has 7 heteroatoms. The Balaban J connectivity index is 1.72. The van der Waals surface area contributed by atoms with Gasteiger partial charge in [0.05, 0.1) is 30.7 Å². The summed E-state index contributed by atoms with van der Waals surface area (Å²) in [6, 6.07) is 0. The number of fused-ring (bicyclic) bond motifs is 3. The third kappa shape index (κ3) is 4.52. The molecule has 0 bridgehead atoms. The molecule has 2 N–H and O–H groups in total. The summed E-state index contributed by atoms with van der Waals surface area (Å²) < 4.78 is 5.44. The van der Waals surface area contributed by atoms with E-state index in [4.69, 9.17) is 9.72 Å². The van der Waals surface area contributed by atoms with E-state index >= 15 is 0 Å². The van der Waals surface area contributed by atoms with Gasteiger partial charge in [0.1, 0.15) is 10.7 Å². The Kier molecular flexibility index (Phi) is 6.12. The highest BCUT2D eigenvalue weighted by Crippen LogP contribution is 2.35. The summed E-state index contributed by atoms with van der Waals surface area (Å²) >= 11 is 1.67. The van der Waals surface area contributed by atoms with Crippen LogP contribution in [0.4, 0.5) is 0 Å². The van der Waals surface area contributed by atoms with E-state index in [9.17, 15) is 9.90 Å². The fourth-order valence-electron chi connectivity index (χ4n) is 3.50. The maximum absolute atomic E-state index is 12.6. The Morgan fingerprint density at radius 1 is 1.46 bits per heavy atom. The fourth-order valence-corrected chi connectivity index (χ4v) is 4.91. The van der Waals surface area contributed by atoms with Crippen molar-refractivity contribution in [1.29, 1.82) is 0 Å². The van der Waals surface area contributed by atoms with E-state index in [0.29, 0.717) is 31.4 Å². The number of aryl methyl sites for hydroxylation is 1. The molecule has 6 nitrogen and oxygen atoms in total. The second-order valence-corrected chi connectivity index (χ2v) is 8.86.